The smallest absolute Gasteiger partial charge is 0.103 e. The van der Waals surface area contributed by atoms with Crippen molar-refractivity contribution in [2.24, 2.45) is 0 Å². The van der Waals surface area contributed by atoms with E-state index >= 15 is 0 Å². The van der Waals surface area contributed by atoms with Crippen LogP contribution < -0.4 is 4.90 Å². The average molecular weight is 314 g/mol. The normalized spacial score (nSPS) is 11.2. The van der Waals surface area contributed by atoms with Gasteiger partial charge in [-0.25, -0.2) is 0 Å². The van der Waals surface area contributed by atoms with Crippen LogP contribution in [0.4, 0.5) is 0 Å². The van der Waals surface area contributed by atoms with Crippen LogP contribution in [0.3, 0.4) is 0 Å². The molecule has 0 radical (unpaired) electrons. The monoisotopic (exact) mass is 314 g/mol. The summed E-state index contributed by atoms with van der Waals surface area (Å²) in [6, 6.07) is 32.0. The zero-order valence-corrected chi connectivity index (χ0v) is 13.9. The summed E-state index contributed by atoms with van der Waals surface area (Å²) in [5.41, 5.74) is 4.03. The lowest BCUT2D eigenvalue weighted by Crippen LogP contribution is -3.09. The molecule has 3 aromatic rings. The highest BCUT2D eigenvalue weighted by Crippen LogP contribution is 2.01. The Labute approximate surface area is 144 Å². The van der Waals surface area contributed by atoms with E-state index < -0.39 is 0 Å². The average Bonchev–Trinajstić information content (AvgIpc) is 2.64. The van der Waals surface area contributed by atoms with Crippen LogP contribution in [0.5, 0.6) is 0 Å². The van der Waals surface area contributed by atoms with E-state index in [0.717, 1.165) is 19.6 Å². The molecule has 0 heterocycles. The van der Waals surface area contributed by atoms with Crippen molar-refractivity contribution in [3.05, 3.63) is 114 Å². The Kier molecular flexibility index (Phi) is 5.99. The van der Waals surface area contributed by atoms with E-state index in [4.69, 9.17) is 0 Å². The molecule has 0 atom stereocenters. The van der Waals surface area contributed by atoms with Gasteiger partial charge in [-0.3, -0.25) is 0 Å². The number of quaternary nitrogens is 1. The van der Waals surface area contributed by atoms with Gasteiger partial charge in [0, 0.05) is 11.1 Å². The summed E-state index contributed by atoms with van der Waals surface area (Å²) in [5.74, 6) is 0. The van der Waals surface area contributed by atoms with Crippen LogP contribution in [0.2, 0.25) is 0 Å². The van der Waals surface area contributed by atoms with Crippen LogP contribution in [0.15, 0.2) is 97.1 Å². The first kappa shape index (κ1) is 16.2. The van der Waals surface area contributed by atoms with Gasteiger partial charge in [0.15, 0.2) is 0 Å². The molecule has 1 heteroatoms. The molecule has 0 bridgehead atoms. The Morgan fingerprint density at radius 2 is 1.04 bits per heavy atom. The second-order valence-electron chi connectivity index (χ2n) is 6.09. The van der Waals surface area contributed by atoms with Gasteiger partial charge in [0.25, 0.3) is 0 Å². The van der Waals surface area contributed by atoms with Crippen molar-refractivity contribution in [2.45, 2.75) is 13.1 Å². The summed E-state index contributed by atoms with van der Waals surface area (Å²) < 4.78 is 0. The van der Waals surface area contributed by atoms with Crippen molar-refractivity contribution < 1.29 is 4.90 Å². The zero-order chi connectivity index (χ0) is 16.5. The number of benzene rings is 3. The fraction of sp³-hybridized carbons (Fsp3) is 0.130. The van der Waals surface area contributed by atoms with Crippen molar-refractivity contribution >= 4 is 6.08 Å². The molecule has 3 rings (SSSR count). The first-order valence-corrected chi connectivity index (χ1v) is 8.53. The number of rotatable bonds is 7. The minimum atomic E-state index is 1.01. The molecule has 0 aromatic heterocycles. The van der Waals surface area contributed by atoms with Gasteiger partial charge >= 0.3 is 0 Å². The highest BCUT2D eigenvalue weighted by molar-refractivity contribution is 5.48. The summed E-state index contributed by atoms with van der Waals surface area (Å²) in [5, 5.41) is 0. The molecular formula is C23H24N+. The summed E-state index contributed by atoms with van der Waals surface area (Å²) >= 11 is 0. The number of hydrogen-bond acceptors (Lipinski definition) is 0. The van der Waals surface area contributed by atoms with Gasteiger partial charge in [-0.15, -0.1) is 0 Å². The molecule has 0 aliphatic heterocycles. The zero-order valence-electron chi connectivity index (χ0n) is 13.9. The third kappa shape index (κ3) is 5.22. The Bertz CT molecular complexity index is 691. The molecule has 0 unspecified atom stereocenters. The van der Waals surface area contributed by atoms with Gasteiger partial charge in [-0.2, -0.15) is 0 Å². The molecule has 24 heavy (non-hydrogen) atoms. The quantitative estimate of drug-likeness (QED) is 0.673. The van der Waals surface area contributed by atoms with E-state index in [1.807, 2.05) is 0 Å². The van der Waals surface area contributed by atoms with Gasteiger partial charge in [-0.1, -0.05) is 97.1 Å². The minimum absolute atomic E-state index is 1.01. The maximum absolute atomic E-state index is 2.29. The SMILES string of the molecule is C(=C\c1ccccc1)/C[NH+](Cc1ccccc1)Cc1ccccc1. The highest BCUT2D eigenvalue weighted by atomic mass is 15.1. The molecule has 0 amide bonds. The molecule has 0 aliphatic rings. The maximum Gasteiger partial charge on any atom is 0.103 e. The summed E-state index contributed by atoms with van der Waals surface area (Å²) in [7, 11) is 0. The fourth-order valence-corrected chi connectivity index (χ4v) is 2.90. The largest absolute Gasteiger partial charge is 0.324 e. The first-order valence-electron chi connectivity index (χ1n) is 8.53. The first-order chi connectivity index (χ1) is 11.9. The van der Waals surface area contributed by atoms with Crippen molar-refractivity contribution in [3.63, 3.8) is 0 Å². The van der Waals surface area contributed by atoms with Gasteiger partial charge in [0.1, 0.15) is 13.1 Å². The van der Waals surface area contributed by atoms with Crippen molar-refractivity contribution in [2.75, 3.05) is 6.54 Å². The summed E-state index contributed by atoms with van der Waals surface area (Å²) in [4.78, 5) is 1.54. The van der Waals surface area contributed by atoms with Crippen molar-refractivity contribution in [1.82, 2.24) is 0 Å². The Morgan fingerprint density at radius 3 is 1.54 bits per heavy atom. The van der Waals surface area contributed by atoms with Crippen LogP contribution in [0.1, 0.15) is 16.7 Å². The van der Waals surface area contributed by atoms with E-state index in [9.17, 15) is 0 Å². The minimum Gasteiger partial charge on any atom is -0.324 e. The predicted molar refractivity (Wildman–Crippen MR) is 102 cm³/mol. The topological polar surface area (TPSA) is 4.44 Å². The summed E-state index contributed by atoms with van der Waals surface area (Å²) in [6.07, 6.45) is 4.51. The number of hydrogen-bond donors (Lipinski definition) is 1. The maximum atomic E-state index is 2.29. The molecular weight excluding hydrogens is 290 g/mol. The second kappa shape index (κ2) is 8.85. The molecule has 1 nitrogen and oxygen atoms in total. The lowest BCUT2D eigenvalue weighted by molar-refractivity contribution is -0.921. The van der Waals surface area contributed by atoms with Crippen LogP contribution >= 0.6 is 0 Å². The van der Waals surface area contributed by atoms with E-state index in [0.29, 0.717) is 0 Å². The molecule has 0 aliphatic carbocycles. The highest BCUT2D eigenvalue weighted by Gasteiger charge is 2.08. The van der Waals surface area contributed by atoms with E-state index in [1.54, 1.807) is 4.90 Å². The van der Waals surface area contributed by atoms with E-state index in [2.05, 4.69) is 103 Å². The van der Waals surface area contributed by atoms with Crippen LogP contribution in [0, 0.1) is 0 Å². The molecule has 0 saturated carbocycles. The molecule has 1 N–H and O–H groups in total. The van der Waals surface area contributed by atoms with Crippen molar-refractivity contribution in [1.29, 1.82) is 0 Å². The molecule has 0 spiro atoms. The standard InChI is InChI=1S/C23H23N/c1-4-11-21(12-5-1)17-10-18-24(19-22-13-6-2-7-14-22)20-23-15-8-3-9-16-23/h1-17H,18-20H2/p+1/b17-10+. The van der Waals surface area contributed by atoms with Crippen LogP contribution in [-0.4, -0.2) is 6.54 Å². The fourth-order valence-electron chi connectivity index (χ4n) is 2.90. The number of nitrogens with one attached hydrogen (secondary N) is 1. The molecule has 0 saturated heterocycles. The lowest BCUT2D eigenvalue weighted by atomic mass is 10.1. The second-order valence-corrected chi connectivity index (χ2v) is 6.09. The van der Waals surface area contributed by atoms with Gasteiger partial charge in [-0.05, 0) is 11.6 Å². The molecule has 120 valence electrons. The molecule has 0 fully saturated rings. The third-order valence-electron chi connectivity index (χ3n) is 4.11. The van der Waals surface area contributed by atoms with Crippen molar-refractivity contribution in [3.8, 4) is 0 Å². The molecule has 3 aromatic carbocycles. The summed E-state index contributed by atoms with van der Waals surface area (Å²) in [6.45, 7) is 3.09. The Morgan fingerprint density at radius 1 is 0.583 bits per heavy atom. The lowest BCUT2D eigenvalue weighted by Gasteiger charge is -2.18. The van der Waals surface area contributed by atoms with E-state index in [-0.39, 0.29) is 0 Å². The Balaban J connectivity index is 1.68. The van der Waals surface area contributed by atoms with Crippen LogP contribution in [0.25, 0.3) is 6.08 Å². The third-order valence-corrected chi connectivity index (χ3v) is 4.11. The van der Waals surface area contributed by atoms with Crippen LogP contribution in [-0.2, 0) is 13.1 Å². The van der Waals surface area contributed by atoms with Gasteiger partial charge in [0.2, 0.25) is 0 Å². The van der Waals surface area contributed by atoms with Gasteiger partial charge < -0.3 is 4.90 Å². The Hall–Kier alpha value is -2.64. The van der Waals surface area contributed by atoms with E-state index in [1.165, 1.54) is 16.7 Å². The van der Waals surface area contributed by atoms with Gasteiger partial charge in [0.05, 0.1) is 6.54 Å². The predicted octanol–water partition coefficient (Wildman–Crippen LogP) is 3.99.